The highest BCUT2D eigenvalue weighted by Gasteiger charge is 2.39. The van der Waals surface area contributed by atoms with Gasteiger partial charge in [-0.25, -0.2) is 4.79 Å². The Labute approximate surface area is 211 Å². The van der Waals surface area contributed by atoms with Crippen LogP contribution in [-0.4, -0.2) is 64.4 Å². The SMILES string of the molecule is CNC1C(=O)NC(CC(F)(F)F)C(=O)N[C@H](C(=O)OC)Cc2ccc(OC)c(c2)-c2cc1ccc2OC. The number of fused-ring (bicyclic) bond motifs is 5. The van der Waals surface area contributed by atoms with E-state index in [9.17, 15) is 27.6 Å². The fourth-order valence-corrected chi connectivity index (χ4v) is 4.20. The minimum absolute atomic E-state index is 0.0940. The van der Waals surface area contributed by atoms with Crippen molar-refractivity contribution in [1.82, 2.24) is 16.0 Å². The number of carbonyl (C=O) groups is 3. The van der Waals surface area contributed by atoms with E-state index >= 15 is 0 Å². The molecule has 9 nitrogen and oxygen atoms in total. The van der Waals surface area contributed by atoms with Crippen LogP contribution >= 0.6 is 0 Å². The molecule has 2 aromatic rings. The fourth-order valence-electron chi connectivity index (χ4n) is 4.20. The Morgan fingerprint density at radius 1 is 0.973 bits per heavy atom. The van der Waals surface area contributed by atoms with E-state index in [-0.39, 0.29) is 6.42 Å². The largest absolute Gasteiger partial charge is 0.496 e. The van der Waals surface area contributed by atoms with Crippen LogP contribution in [0.15, 0.2) is 36.4 Å². The molecule has 0 fully saturated rings. The number of esters is 1. The molecular formula is C25H28F3N3O6. The number of amides is 2. The Morgan fingerprint density at radius 3 is 2.16 bits per heavy atom. The Balaban J connectivity index is 2.23. The summed E-state index contributed by atoms with van der Waals surface area (Å²) < 4.78 is 55.8. The second-order valence-corrected chi connectivity index (χ2v) is 8.38. The average Bonchev–Trinajstić information content (AvgIpc) is 2.86. The number of methoxy groups -OCH3 is 3. The van der Waals surface area contributed by atoms with E-state index in [0.29, 0.717) is 33.8 Å². The summed E-state index contributed by atoms with van der Waals surface area (Å²) in [5.74, 6) is -1.97. The number of hydrogen-bond acceptors (Lipinski definition) is 7. The number of halogens is 3. The number of ether oxygens (including phenoxy) is 3. The van der Waals surface area contributed by atoms with Crippen molar-refractivity contribution < 1.29 is 41.8 Å². The van der Waals surface area contributed by atoms with Crippen LogP contribution in [0.4, 0.5) is 13.2 Å². The molecule has 0 radical (unpaired) electrons. The van der Waals surface area contributed by atoms with Crippen LogP contribution < -0.4 is 25.4 Å². The van der Waals surface area contributed by atoms with Gasteiger partial charge in [-0.2, -0.15) is 13.2 Å². The molecule has 2 unspecified atom stereocenters. The van der Waals surface area contributed by atoms with Gasteiger partial charge in [-0.3, -0.25) is 9.59 Å². The third kappa shape index (κ3) is 6.50. The van der Waals surface area contributed by atoms with Gasteiger partial charge in [0.2, 0.25) is 11.8 Å². The lowest BCUT2D eigenvalue weighted by molar-refractivity contribution is -0.153. The number of rotatable bonds is 5. The molecule has 200 valence electrons. The van der Waals surface area contributed by atoms with Crippen molar-refractivity contribution in [2.24, 2.45) is 0 Å². The van der Waals surface area contributed by atoms with Crippen LogP contribution in [0.2, 0.25) is 0 Å². The van der Waals surface area contributed by atoms with Gasteiger partial charge < -0.3 is 30.2 Å². The lowest BCUT2D eigenvalue weighted by Crippen LogP contribution is -2.55. The van der Waals surface area contributed by atoms with Gasteiger partial charge >= 0.3 is 12.1 Å². The van der Waals surface area contributed by atoms with Crippen molar-refractivity contribution in [3.05, 3.63) is 47.5 Å². The predicted octanol–water partition coefficient (Wildman–Crippen LogP) is 2.28. The molecule has 0 aliphatic carbocycles. The normalized spacial score (nSPS) is 20.2. The van der Waals surface area contributed by atoms with Crippen LogP contribution in [0.3, 0.4) is 0 Å². The van der Waals surface area contributed by atoms with Crippen LogP contribution in [-0.2, 0) is 25.5 Å². The van der Waals surface area contributed by atoms with Gasteiger partial charge in [-0.05, 0) is 42.4 Å². The monoisotopic (exact) mass is 523 g/mol. The first-order valence-corrected chi connectivity index (χ1v) is 11.3. The van der Waals surface area contributed by atoms with Crippen molar-refractivity contribution in [1.29, 1.82) is 0 Å². The van der Waals surface area contributed by atoms with E-state index in [2.05, 4.69) is 16.0 Å². The number of nitrogens with one attached hydrogen (secondary N) is 3. The van der Waals surface area contributed by atoms with E-state index in [1.54, 1.807) is 36.4 Å². The Morgan fingerprint density at radius 2 is 1.59 bits per heavy atom. The molecule has 1 aliphatic heterocycles. The summed E-state index contributed by atoms with van der Waals surface area (Å²) in [5, 5.41) is 7.27. The second-order valence-electron chi connectivity index (χ2n) is 8.38. The van der Waals surface area contributed by atoms with E-state index in [1.807, 2.05) is 0 Å². The molecule has 0 saturated heterocycles. The van der Waals surface area contributed by atoms with Crippen molar-refractivity contribution in [2.45, 2.75) is 37.1 Å². The van der Waals surface area contributed by atoms with Crippen molar-refractivity contribution >= 4 is 17.8 Å². The molecule has 0 spiro atoms. The summed E-state index contributed by atoms with van der Waals surface area (Å²) >= 11 is 0. The van der Waals surface area contributed by atoms with E-state index in [1.165, 1.54) is 21.3 Å². The third-order valence-corrected chi connectivity index (χ3v) is 5.97. The molecule has 2 aromatic carbocycles. The summed E-state index contributed by atoms with van der Waals surface area (Å²) in [5.41, 5.74) is 2.11. The van der Waals surface area contributed by atoms with Crippen molar-refractivity contribution in [3.63, 3.8) is 0 Å². The minimum atomic E-state index is -4.77. The highest BCUT2D eigenvalue weighted by Crippen LogP contribution is 2.39. The van der Waals surface area contributed by atoms with E-state index < -0.39 is 48.5 Å². The molecule has 1 heterocycles. The Bertz CT molecular complexity index is 1170. The molecule has 0 aromatic heterocycles. The van der Waals surface area contributed by atoms with Crippen LogP contribution in [0.5, 0.6) is 11.5 Å². The average molecular weight is 524 g/mol. The maximum atomic E-state index is 13.3. The maximum Gasteiger partial charge on any atom is 0.391 e. The summed E-state index contributed by atoms with van der Waals surface area (Å²) in [4.78, 5) is 38.5. The van der Waals surface area contributed by atoms with E-state index in [0.717, 1.165) is 7.11 Å². The maximum absolute atomic E-state index is 13.3. The molecule has 4 bridgehead atoms. The number of benzene rings is 2. The zero-order chi connectivity index (χ0) is 27.3. The van der Waals surface area contributed by atoms with Gasteiger partial charge in [-0.1, -0.05) is 12.1 Å². The molecule has 37 heavy (non-hydrogen) atoms. The van der Waals surface area contributed by atoms with Crippen molar-refractivity contribution in [3.8, 4) is 22.6 Å². The number of likely N-dealkylation sites (N-methyl/N-ethyl adjacent to an activating group) is 1. The highest BCUT2D eigenvalue weighted by atomic mass is 19.4. The Hall–Kier alpha value is -3.80. The molecule has 1 aliphatic rings. The summed E-state index contributed by atoms with van der Waals surface area (Å²) in [6.07, 6.45) is -6.49. The predicted molar refractivity (Wildman–Crippen MR) is 127 cm³/mol. The van der Waals surface area contributed by atoms with Gasteiger partial charge in [0.1, 0.15) is 29.6 Å². The molecule has 12 heteroatoms. The van der Waals surface area contributed by atoms with Gasteiger partial charge in [0.05, 0.1) is 27.8 Å². The fraction of sp³-hybridized carbons (Fsp3) is 0.400. The zero-order valence-electron chi connectivity index (χ0n) is 20.7. The number of carbonyl (C=O) groups excluding carboxylic acids is 3. The molecule has 0 saturated carbocycles. The molecular weight excluding hydrogens is 495 g/mol. The number of hydrogen-bond donors (Lipinski definition) is 3. The van der Waals surface area contributed by atoms with E-state index in [4.69, 9.17) is 14.2 Å². The summed E-state index contributed by atoms with van der Waals surface area (Å²) in [7, 11) is 5.52. The molecule has 3 rings (SSSR count). The lowest BCUT2D eigenvalue weighted by Gasteiger charge is -2.26. The molecule has 2 amide bonds. The third-order valence-electron chi connectivity index (χ3n) is 5.97. The molecule has 3 N–H and O–H groups in total. The lowest BCUT2D eigenvalue weighted by atomic mass is 9.94. The van der Waals surface area contributed by atoms with Gasteiger partial charge in [0, 0.05) is 17.5 Å². The summed E-state index contributed by atoms with van der Waals surface area (Å²) in [6, 6.07) is 5.51. The van der Waals surface area contributed by atoms with Crippen LogP contribution in [0, 0.1) is 0 Å². The first kappa shape index (κ1) is 27.8. The quantitative estimate of drug-likeness (QED) is 0.515. The van der Waals surface area contributed by atoms with Gasteiger partial charge in [0.15, 0.2) is 0 Å². The standard InChI is InChI=1S/C25H28F3N3O6/c1-29-21-14-6-8-20(36-3)16(11-14)15-9-13(5-7-19(15)35-2)10-17(24(34)37-4)30-22(32)18(31-23(21)33)12-25(26,27)28/h5-9,11,17-18,21,29H,10,12H2,1-4H3,(H,30,32)(H,31,33)/t17-,18?,21?/m0/s1. The van der Waals surface area contributed by atoms with Gasteiger partial charge in [-0.15, -0.1) is 0 Å². The Kier molecular flexibility index (Phi) is 8.64. The second kappa shape index (κ2) is 11.5. The zero-order valence-corrected chi connectivity index (χ0v) is 20.7. The first-order chi connectivity index (χ1) is 17.5. The topological polar surface area (TPSA) is 115 Å². The molecule has 3 atom stereocenters. The summed E-state index contributed by atoms with van der Waals surface area (Å²) in [6.45, 7) is 0. The van der Waals surface area contributed by atoms with Crippen LogP contribution in [0.1, 0.15) is 23.6 Å². The van der Waals surface area contributed by atoms with Gasteiger partial charge in [0.25, 0.3) is 0 Å². The highest BCUT2D eigenvalue weighted by molar-refractivity contribution is 5.93. The first-order valence-electron chi connectivity index (χ1n) is 11.3. The van der Waals surface area contributed by atoms with Crippen LogP contribution in [0.25, 0.3) is 11.1 Å². The van der Waals surface area contributed by atoms with Crippen molar-refractivity contribution in [2.75, 3.05) is 28.4 Å². The minimum Gasteiger partial charge on any atom is -0.496 e. The smallest absolute Gasteiger partial charge is 0.391 e. The number of alkyl halides is 3.